The average molecular weight is 480 g/mol. The van der Waals surface area contributed by atoms with Crippen LogP contribution in [0.3, 0.4) is 0 Å². The second-order valence-electron chi connectivity index (χ2n) is 7.97. The van der Waals surface area contributed by atoms with Crippen molar-refractivity contribution in [2.24, 2.45) is 0 Å². The fourth-order valence-electron chi connectivity index (χ4n) is 4.01. The molecule has 3 heterocycles. The smallest absolute Gasteiger partial charge is 0.366 e. The van der Waals surface area contributed by atoms with Crippen LogP contribution in [-0.4, -0.2) is 57.9 Å². The fraction of sp³-hybridized carbons (Fsp3) is 0.350. The van der Waals surface area contributed by atoms with Crippen LogP contribution in [0.25, 0.3) is 0 Å². The van der Waals surface area contributed by atoms with Crippen LogP contribution in [0.15, 0.2) is 40.1 Å². The highest BCUT2D eigenvalue weighted by atomic mass is 19.4. The molecule has 0 atom stereocenters. The number of rotatable bonds is 4. The number of nitrogens with one attached hydrogen (secondary N) is 4. The molecular formula is C20H19F3N6O5. The predicted octanol–water partition coefficient (Wildman–Crippen LogP) is 0.611. The van der Waals surface area contributed by atoms with Crippen LogP contribution in [0.1, 0.15) is 18.4 Å². The highest BCUT2D eigenvalue weighted by Gasteiger charge is 2.52. The molecule has 0 aliphatic carbocycles. The lowest BCUT2D eigenvalue weighted by atomic mass is 9.87. The van der Waals surface area contributed by atoms with Crippen LogP contribution in [0.4, 0.5) is 29.3 Å². The number of halogens is 3. The zero-order chi connectivity index (χ0) is 24.7. The molecule has 2 saturated heterocycles. The van der Waals surface area contributed by atoms with Gasteiger partial charge in [-0.3, -0.25) is 24.3 Å². The topological polar surface area (TPSA) is 147 Å². The SMILES string of the molecule is O=C(CN1C(=O)NC2(CCN(c3c[nH]c(=O)[nH]c3=O)CC2)C1=O)Nc1ccc(C(F)(F)F)cc1. The van der Waals surface area contributed by atoms with E-state index in [0.717, 1.165) is 29.2 Å². The second kappa shape index (κ2) is 8.35. The van der Waals surface area contributed by atoms with E-state index in [-0.39, 0.29) is 37.3 Å². The van der Waals surface area contributed by atoms with Gasteiger partial charge in [0.1, 0.15) is 17.8 Å². The Balaban J connectivity index is 1.38. The molecule has 2 aromatic rings. The van der Waals surface area contributed by atoms with Crippen LogP contribution >= 0.6 is 0 Å². The van der Waals surface area contributed by atoms with Crippen LogP contribution in [0, 0.1) is 0 Å². The van der Waals surface area contributed by atoms with E-state index in [0.29, 0.717) is 0 Å². The summed E-state index contributed by atoms with van der Waals surface area (Å²) in [6, 6.07) is 2.99. The molecule has 1 aromatic heterocycles. The maximum Gasteiger partial charge on any atom is 0.416 e. The summed E-state index contributed by atoms with van der Waals surface area (Å²) in [6.45, 7) is -0.157. The van der Waals surface area contributed by atoms with E-state index < -0.39 is 52.9 Å². The van der Waals surface area contributed by atoms with E-state index in [2.05, 4.69) is 20.6 Å². The van der Waals surface area contributed by atoms with Crippen molar-refractivity contribution in [3.8, 4) is 0 Å². The summed E-state index contributed by atoms with van der Waals surface area (Å²) < 4.78 is 38.0. The van der Waals surface area contributed by atoms with Gasteiger partial charge in [0.15, 0.2) is 0 Å². The number of piperidine rings is 1. The first-order chi connectivity index (χ1) is 16.0. The quantitative estimate of drug-likeness (QED) is 0.472. The number of aromatic nitrogens is 2. The maximum absolute atomic E-state index is 13.0. The third kappa shape index (κ3) is 4.38. The van der Waals surface area contributed by atoms with Crippen LogP contribution in [0.2, 0.25) is 0 Å². The Morgan fingerprint density at radius 3 is 2.29 bits per heavy atom. The lowest BCUT2D eigenvalue weighted by molar-refractivity contribution is -0.137. The van der Waals surface area contributed by atoms with Gasteiger partial charge in [0.25, 0.3) is 11.5 Å². The number of carbonyl (C=O) groups excluding carboxylic acids is 3. The summed E-state index contributed by atoms with van der Waals surface area (Å²) in [5.74, 6) is -1.35. The summed E-state index contributed by atoms with van der Waals surface area (Å²) in [5, 5.41) is 4.98. The molecule has 11 nitrogen and oxygen atoms in total. The number of urea groups is 1. The van der Waals surface area contributed by atoms with E-state index in [1.54, 1.807) is 4.90 Å². The molecule has 0 saturated carbocycles. The number of H-pyrrole nitrogens is 2. The molecule has 34 heavy (non-hydrogen) atoms. The number of amides is 4. The van der Waals surface area contributed by atoms with E-state index in [9.17, 15) is 37.1 Å². The number of imide groups is 1. The first-order valence-electron chi connectivity index (χ1n) is 10.2. The molecule has 0 bridgehead atoms. The van der Waals surface area contributed by atoms with Crippen molar-refractivity contribution in [2.45, 2.75) is 24.6 Å². The summed E-state index contributed by atoms with van der Waals surface area (Å²) in [4.78, 5) is 67.9. The zero-order valence-corrected chi connectivity index (χ0v) is 17.5. The Bertz CT molecular complexity index is 1240. The van der Waals surface area contributed by atoms with Gasteiger partial charge in [0.2, 0.25) is 5.91 Å². The van der Waals surface area contributed by atoms with Gasteiger partial charge in [0.05, 0.1) is 5.56 Å². The van der Waals surface area contributed by atoms with Crippen molar-refractivity contribution < 1.29 is 27.6 Å². The lowest BCUT2D eigenvalue weighted by Gasteiger charge is -2.37. The van der Waals surface area contributed by atoms with Crippen LogP contribution in [0.5, 0.6) is 0 Å². The standard InChI is InChI=1S/C20H19F3N6O5/c21-20(22,23)11-1-3-12(4-2-11)25-14(30)10-29-16(32)19(27-18(29)34)5-7-28(8-6-19)13-9-24-17(33)26-15(13)31/h1-4,9H,5-8,10H2,(H,25,30)(H,27,34)(H2,24,26,31,33). The normalized spacial score (nSPS) is 17.7. The van der Waals surface area contributed by atoms with Crippen LogP contribution in [-0.2, 0) is 15.8 Å². The minimum atomic E-state index is -4.52. The molecule has 14 heteroatoms. The number of carbonyl (C=O) groups is 3. The van der Waals surface area contributed by atoms with Crippen molar-refractivity contribution in [1.82, 2.24) is 20.2 Å². The van der Waals surface area contributed by atoms with Crippen molar-refractivity contribution in [3.63, 3.8) is 0 Å². The Morgan fingerprint density at radius 2 is 1.71 bits per heavy atom. The van der Waals surface area contributed by atoms with E-state index in [4.69, 9.17) is 0 Å². The van der Waals surface area contributed by atoms with Crippen molar-refractivity contribution in [3.05, 3.63) is 56.9 Å². The van der Waals surface area contributed by atoms with Gasteiger partial charge >= 0.3 is 17.9 Å². The Hall–Kier alpha value is -4.10. The van der Waals surface area contributed by atoms with Gasteiger partial charge in [-0.05, 0) is 37.1 Å². The molecule has 0 radical (unpaired) electrons. The molecule has 180 valence electrons. The lowest BCUT2D eigenvalue weighted by Crippen LogP contribution is -2.55. The maximum atomic E-state index is 13.0. The third-order valence-corrected chi connectivity index (χ3v) is 5.80. The molecule has 4 N–H and O–H groups in total. The minimum absolute atomic E-state index is 0.0826. The van der Waals surface area contributed by atoms with E-state index in [1.165, 1.54) is 6.20 Å². The zero-order valence-electron chi connectivity index (χ0n) is 17.5. The second-order valence-corrected chi connectivity index (χ2v) is 7.97. The van der Waals surface area contributed by atoms with Gasteiger partial charge in [-0.1, -0.05) is 0 Å². The first-order valence-corrected chi connectivity index (χ1v) is 10.2. The summed E-state index contributed by atoms with van der Waals surface area (Å²) >= 11 is 0. The third-order valence-electron chi connectivity index (χ3n) is 5.80. The molecule has 2 aliphatic heterocycles. The Morgan fingerprint density at radius 1 is 1.06 bits per heavy atom. The minimum Gasteiger partial charge on any atom is -0.366 e. The summed E-state index contributed by atoms with van der Waals surface area (Å²) in [7, 11) is 0. The largest absolute Gasteiger partial charge is 0.416 e. The van der Waals surface area contributed by atoms with Crippen molar-refractivity contribution in [2.75, 3.05) is 29.9 Å². The average Bonchev–Trinajstić information content (AvgIpc) is 2.98. The molecule has 1 spiro atoms. The van der Waals surface area contributed by atoms with E-state index in [1.807, 2.05) is 0 Å². The van der Waals surface area contributed by atoms with Gasteiger partial charge in [-0.25, -0.2) is 9.59 Å². The van der Waals surface area contributed by atoms with Gasteiger partial charge < -0.3 is 20.5 Å². The van der Waals surface area contributed by atoms with Crippen LogP contribution < -0.4 is 26.8 Å². The fourth-order valence-corrected chi connectivity index (χ4v) is 4.01. The Labute approximate surface area is 188 Å². The van der Waals surface area contributed by atoms with Gasteiger partial charge in [-0.15, -0.1) is 0 Å². The van der Waals surface area contributed by atoms with E-state index >= 15 is 0 Å². The molecule has 0 unspecified atom stereocenters. The number of hydrogen-bond donors (Lipinski definition) is 4. The molecular weight excluding hydrogens is 461 g/mol. The highest BCUT2D eigenvalue weighted by Crippen LogP contribution is 2.31. The number of hydrogen-bond acceptors (Lipinski definition) is 6. The number of nitrogens with zero attached hydrogens (tertiary/aromatic N) is 2. The summed E-state index contributed by atoms with van der Waals surface area (Å²) in [5.41, 5.74) is -3.04. The molecule has 2 aliphatic rings. The van der Waals surface area contributed by atoms with Gasteiger partial charge in [0, 0.05) is 25.0 Å². The number of benzene rings is 1. The van der Waals surface area contributed by atoms with Crippen molar-refractivity contribution in [1.29, 1.82) is 0 Å². The Kier molecular flexibility index (Phi) is 5.67. The number of alkyl halides is 3. The molecule has 4 amide bonds. The number of aromatic amines is 2. The molecule has 2 fully saturated rings. The highest BCUT2D eigenvalue weighted by molar-refractivity contribution is 6.10. The number of anilines is 2. The first kappa shape index (κ1) is 23.1. The van der Waals surface area contributed by atoms with Gasteiger partial charge in [-0.2, -0.15) is 13.2 Å². The monoisotopic (exact) mass is 480 g/mol. The molecule has 1 aromatic carbocycles. The van der Waals surface area contributed by atoms with Crippen molar-refractivity contribution >= 4 is 29.2 Å². The predicted molar refractivity (Wildman–Crippen MR) is 112 cm³/mol. The molecule has 4 rings (SSSR count). The summed E-state index contributed by atoms with van der Waals surface area (Å²) in [6.07, 6.45) is -2.93.